The lowest BCUT2D eigenvalue weighted by Crippen LogP contribution is -2.61. The lowest BCUT2D eigenvalue weighted by atomic mass is 9.99. The van der Waals surface area contributed by atoms with Gasteiger partial charge in [-0.2, -0.15) is 24.4 Å². The Bertz CT molecular complexity index is 2870. The molecule has 0 aliphatic rings. The molecule has 0 heterocycles. The van der Waals surface area contributed by atoms with E-state index >= 15 is 0 Å². The first-order valence-electron chi connectivity index (χ1n) is 31.9. The number of carbonyl (C=O) groups is 18. The number of carboxylic acids is 4. The van der Waals surface area contributed by atoms with Gasteiger partial charge in [0.25, 0.3) is 0 Å². The third-order valence-corrected chi connectivity index (χ3v) is 15.4. The van der Waals surface area contributed by atoms with Crippen molar-refractivity contribution in [2.75, 3.05) is 24.3 Å². The van der Waals surface area contributed by atoms with Gasteiger partial charge in [0.1, 0.15) is 66.5 Å². The summed E-state index contributed by atoms with van der Waals surface area (Å²) in [6.07, 6.45) is -4.11. The molecule has 0 radical (unpaired) electrons. The second kappa shape index (κ2) is 45.7. The van der Waals surface area contributed by atoms with Gasteiger partial charge in [0, 0.05) is 18.6 Å². The molecule has 12 atom stereocenters. The van der Waals surface area contributed by atoms with Crippen molar-refractivity contribution in [2.24, 2.45) is 46.8 Å². The summed E-state index contributed by atoms with van der Waals surface area (Å²) in [4.78, 5) is 236. The molecular weight excluding hydrogens is 1350 g/mol. The Morgan fingerprint density at radius 1 is 0.374 bits per heavy atom. The molecule has 0 aromatic heterocycles. The molecule has 0 rings (SSSR count). The molecule has 0 aromatic carbocycles. The Labute approximate surface area is 582 Å². The maximum Gasteiger partial charge on any atom is 0.305 e. The number of thiol groups is 1. The number of hydrogen-bond acceptors (Lipinski definition) is 21. The van der Waals surface area contributed by atoms with E-state index in [1.165, 1.54) is 39.5 Å². The molecule has 0 spiro atoms. The highest BCUT2D eigenvalue weighted by Crippen LogP contribution is 2.14. The second-order valence-corrected chi connectivity index (χ2v) is 26.7. The number of carboxylic acid groups (broad SMARTS) is 4. The number of nitrogens with one attached hydrogen (secondary N) is 12. The van der Waals surface area contributed by atoms with Gasteiger partial charge in [-0.05, 0) is 80.1 Å². The minimum atomic E-state index is -2.00. The molecule has 39 heteroatoms. The summed E-state index contributed by atoms with van der Waals surface area (Å²) in [6.45, 7) is 15.1. The zero-order valence-electron chi connectivity index (χ0n) is 57.4. The van der Waals surface area contributed by atoms with E-state index in [1.54, 1.807) is 47.8 Å². The minimum Gasteiger partial charge on any atom is -0.481 e. The van der Waals surface area contributed by atoms with Gasteiger partial charge < -0.3 is 101 Å². The summed E-state index contributed by atoms with van der Waals surface area (Å²) in [7, 11) is 0. The zero-order valence-corrected chi connectivity index (χ0v) is 59.2. The Morgan fingerprint density at radius 2 is 0.687 bits per heavy atom. The van der Waals surface area contributed by atoms with Gasteiger partial charge in [-0.25, -0.2) is 0 Å². The number of carbonyl (C=O) groups excluding carboxylic acids is 14. The zero-order chi connectivity index (χ0) is 76.3. The van der Waals surface area contributed by atoms with Crippen molar-refractivity contribution in [3.63, 3.8) is 0 Å². The normalized spacial score (nSPS) is 14.8. The molecule has 0 bridgehead atoms. The van der Waals surface area contributed by atoms with E-state index < -0.39 is 242 Å². The molecule has 0 aromatic rings. The van der Waals surface area contributed by atoms with Gasteiger partial charge in [-0.3, -0.25) is 86.3 Å². The summed E-state index contributed by atoms with van der Waals surface area (Å²) >= 11 is 5.17. The summed E-state index contributed by atoms with van der Waals surface area (Å²) in [5.74, 6) is -23.5. The summed E-state index contributed by atoms with van der Waals surface area (Å²) in [5, 5.41) is 66.6. The van der Waals surface area contributed by atoms with Crippen molar-refractivity contribution in [1.82, 2.24) is 63.8 Å². The molecule has 22 N–H and O–H groups in total. The van der Waals surface area contributed by atoms with E-state index in [2.05, 4.69) is 76.4 Å². The highest BCUT2D eigenvalue weighted by Gasteiger charge is 2.39. The van der Waals surface area contributed by atoms with Crippen molar-refractivity contribution in [3.05, 3.63) is 0 Å². The van der Waals surface area contributed by atoms with Crippen LogP contribution in [0.5, 0.6) is 0 Å². The Kier molecular flexibility index (Phi) is 41.6. The van der Waals surface area contributed by atoms with Crippen molar-refractivity contribution in [1.29, 1.82) is 0 Å². The van der Waals surface area contributed by atoms with E-state index in [0.29, 0.717) is 0 Å². The standard InChI is InChI=1S/C60H101N15O22S2/c1-26(2)18-35(49(63)86)68-56(93)37(20-28(5)6)70-57(94)39(22-45(82)83)73-60(97)48(30(9)10)75-58(95)40(23-46(84)85)72-53(90)34(16-17-99-11)67-59(96)47(29(7)8)74-54(91)32(12-14-41(62)76)65-42(77)24-64-51(88)38(21-44(80)81)71-52(89)33(13-15-43(78)79)66-55(92)36(19-27(3)4)69-50(87)31(61)25-98/h26-40,47-48,98H,12-25,61H2,1-11H3,(H2,62,76)(H2,63,86)(H,64,88)(H,65,77)(H,66,92)(H,67,96)(H,68,93)(H,69,87)(H,70,94)(H,71,89)(H,72,90)(H,73,97)(H,74,91)(H,75,95)(H,78,79)(H,80,81)(H,82,83)(H,84,85)/t31-,32-,33-,34-,35-,36-,37-,38-,39-,40-,47-,48-/m0/s1. The number of nitrogens with two attached hydrogens (primary N) is 3. The fraction of sp³-hybridized carbons (Fsp3) is 0.700. The van der Waals surface area contributed by atoms with Crippen molar-refractivity contribution in [2.45, 2.75) is 212 Å². The average Bonchev–Trinajstić information content (AvgIpc) is 0.871. The van der Waals surface area contributed by atoms with Gasteiger partial charge in [-0.1, -0.05) is 69.2 Å². The molecule has 37 nitrogen and oxygen atoms in total. The number of primary amides is 2. The molecule has 14 amide bonds. The molecule has 0 saturated carbocycles. The predicted molar refractivity (Wildman–Crippen MR) is 358 cm³/mol. The van der Waals surface area contributed by atoms with Crippen LogP contribution in [-0.4, -0.2) is 224 Å². The average molecular weight is 1450 g/mol. The summed E-state index contributed by atoms with van der Waals surface area (Å²) in [5.41, 5.74) is 16.6. The monoisotopic (exact) mass is 1450 g/mol. The third kappa shape index (κ3) is 36.5. The highest BCUT2D eigenvalue weighted by molar-refractivity contribution is 7.98. The van der Waals surface area contributed by atoms with Crippen LogP contribution in [0, 0.1) is 29.6 Å². The highest BCUT2D eigenvalue weighted by atomic mass is 32.2. The molecule has 0 aliphatic carbocycles. The van der Waals surface area contributed by atoms with Crippen molar-refractivity contribution in [3.8, 4) is 0 Å². The lowest BCUT2D eigenvalue weighted by Gasteiger charge is -2.29. The number of amides is 14. The molecule has 0 aliphatic heterocycles. The van der Waals surface area contributed by atoms with E-state index in [4.69, 9.17) is 17.2 Å². The van der Waals surface area contributed by atoms with Crippen LogP contribution in [0.2, 0.25) is 0 Å². The molecule has 0 unspecified atom stereocenters. The van der Waals surface area contributed by atoms with Crippen LogP contribution in [0.4, 0.5) is 0 Å². The quantitative estimate of drug-likeness (QED) is 0.0254. The Morgan fingerprint density at radius 3 is 1.07 bits per heavy atom. The number of rotatable bonds is 49. The van der Waals surface area contributed by atoms with Crippen LogP contribution in [0.1, 0.15) is 140 Å². The number of thioether (sulfide) groups is 1. The molecule has 0 saturated heterocycles. The molecule has 560 valence electrons. The lowest BCUT2D eigenvalue weighted by molar-refractivity contribution is -0.142. The summed E-state index contributed by atoms with van der Waals surface area (Å²) in [6, 6.07) is -19.1. The first-order chi connectivity index (χ1) is 45.9. The first-order valence-corrected chi connectivity index (χ1v) is 33.9. The molecular formula is C60H101N15O22S2. The van der Waals surface area contributed by atoms with Crippen LogP contribution in [-0.2, 0) is 86.3 Å². The van der Waals surface area contributed by atoms with Gasteiger partial charge in [0.05, 0.1) is 31.8 Å². The SMILES string of the molecule is CSCC[C@H](NC(=O)[C@@H](NC(=O)[C@H](CCC(N)=O)NC(=O)CNC(=O)[C@H](CC(=O)O)NC(=O)[C@H](CCC(=O)O)NC(=O)[C@H](CC(C)C)NC(=O)[C@@H](N)CS)C(C)C)C(=O)N[C@@H](CC(=O)O)C(=O)N[C@H](C(=O)N[C@@H](CC(=O)O)C(=O)N[C@@H](CC(C)C)C(=O)N[C@@H](CC(C)C)C(N)=O)C(C)C. The van der Waals surface area contributed by atoms with Crippen LogP contribution in [0.15, 0.2) is 0 Å². The molecule has 0 fully saturated rings. The largest absolute Gasteiger partial charge is 0.481 e. The van der Waals surface area contributed by atoms with Crippen molar-refractivity contribution >= 4 is 131 Å². The van der Waals surface area contributed by atoms with Gasteiger partial charge in [0.2, 0.25) is 82.7 Å². The third-order valence-electron chi connectivity index (χ3n) is 14.4. The van der Waals surface area contributed by atoms with Crippen LogP contribution < -0.4 is 81.0 Å². The van der Waals surface area contributed by atoms with E-state index in [-0.39, 0.29) is 54.9 Å². The second-order valence-electron chi connectivity index (χ2n) is 25.4. The number of aliphatic carboxylic acids is 4. The van der Waals surface area contributed by atoms with Gasteiger partial charge in [-0.15, -0.1) is 0 Å². The topological polar surface area (TPSA) is 611 Å². The first kappa shape index (κ1) is 90.1. The van der Waals surface area contributed by atoms with Gasteiger partial charge >= 0.3 is 23.9 Å². The fourth-order valence-electron chi connectivity index (χ4n) is 9.23. The predicted octanol–water partition coefficient (Wildman–Crippen LogP) is -5.06. The van der Waals surface area contributed by atoms with E-state index in [1.807, 2.05) is 0 Å². The maximum atomic E-state index is 14.2. The van der Waals surface area contributed by atoms with Gasteiger partial charge in [0.15, 0.2) is 0 Å². The van der Waals surface area contributed by atoms with E-state index in [9.17, 15) is 107 Å². The van der Waals surface area contributed by atoms with Crippen LogP contribution in [0.25, 0.3) is 0 Å². The number of hydrogen-bond donors (Lipinski definition) is 20. The molecule has 99 heavy (non-hydrogen) atoms. The Balaban J connectivity index is 6.74. The minimum absolute atomic E-state index is 0.0132. The fourth-order valence-corrected chi connectivity index (χ4v) is 9.87. The van der Waals surface area contributed by atoms with E-state index in [0.717, 1.165) is 0 Å². The van der Waals surface area contributed by atoms with Crippen LogP contribution in [0.3, 0.4) is 0 Å². The maximum absolute atomic E-state index is 14.2. The van der Waals surface area contributed by atoms with Crippen LogP contribution >= 0.6 is 24.4 Å². The summed E-state index contributed by atoms with van der Waals surface area (Å²) < 4.78 is 0. The Hall–Kier alpha value is -8.88. The smallest absolute Gasteiger partial charge is 0.305 e. The van der Waals surface area contributed by atoms with Crippen molar-refractivity contribution < 1.29 is 107 Å².